The summed E-state index contributed by atoms with van der Waals surface area (Å²) in [6.07, 6.45) is 8.95. The van der Waals surface area contributed by atoms with Gasteiger partial charge in [0.1, 0.15) is 12.8 Å². The van der Waals surface area contributed by atoms with Crippen LogP contribution in [0.3, 0.4) is 0 Å². The van der Waals surface area contributed by atoms with Crippen LogP contribution in [0.1, 0.15) is 98.3 Å². The smallest absolute Gasteiger partial charge is 0.306 e. The van der Waals surface area contributed by atoms with Crippen LogP contribution in [0, 0.1) is 51.8 Å². The highest BCUT2D eigenvalue weighted by molar-refractivity contribution is 5.95. The zero-order valence-corrected chi connectivity index (χ0v) is 28.4. The molecule has 10 nitrogen and oxygen atoms in total. The third kappa shape index (κ3) is 5.67. The van der Waals surface area contributed by atoms with Crippen molar-refractivity contribution in [2.75, 3.05) is 20.3 Å². The normalized spacial score (nSPS) is 47.1. The van der Waals surface area contributed by atoms with E-state index in [1.165, 1.54) is 17.7 Å². The van der Waals surface area contributed by atoms with Crippen LogP contribution in [0.25, 0.3) is 0 Å². The molecule has 6 rings (SSSR count). The first-order valence-electron chi connectivity index (χ1n) is 17.8. The van der Waals surface area contributed by atoms with E-state index >= 15 is 0 Å². The third-order valence-corrected chi connectivity index (χ3v) is 14.2. The molecule has 1 saturated heterocycles. The van der Waals surface area contributed by atoms with E-state index in [1.807, 2.05) is 6.08 Å². The van der Waals surface area contributed by atoms with Crippen LogP contribution in [0.2, 0.25) is 0 Å². The van der Waals surface area contributed by atoms with Gasteiger partial charge in [-0.25, -0.2) is 0 Å². The lowest BCUT2D eigenvalue weighted by Gasteiger charge is -2.65. The number of aliphatic carboxylic acids is 1. The zero-order chi connectivity index (χ0) is 33.2. The second-order valence-electron chi connectivity index (χ2n) is 16.6. The van der Waals surface area contributed by atoms with E-state index in [4.69, 9.17) is 9.57 Å². The number of aliphatic hydroxyl groups excluding tert-OH is 2. The summed E-state index contributed by atoms with van der Waals surface area (Å²) in [7, 11) is 1.48. The van der Waals surface area contributed by atoms with Gasteiger partial charge in [-0.2, -0.15) is 5.06 Å². The minimum atomic E-state index is -0.701. The van der Waals surface area contributed by atoms with Gasteiger partial charge in [-0.05, 0) is 104 Å². The van der Waals surface area contributed by atoms with Gasteiger partial charge in [0.25, 0.3) is 0 Å². The summed E-state index contributed by atoms with van der Waals surface area (Å²) in [5, 5.41) is 34.4. The Bertz CT molecular complexity index is 1240. The predicted octanol–water partition coefficient (Wildman–Crippen LogP) is 4.09. The molecule has 0 aromatic carbocycles. The number of rotatable bonds is 7. The van der Waals surface area contributed by atoms with Gasteiger partial charge in [0.15, 0.2) is 5.78 Å². The molecule has 0 radical (unpaired) electrons. The fourth-order valence-corrected chi connectivity index (χ4v) is 11.8. The van der Waals surface area contributed by atoms with Crippen molar-refractivity contribution in [1.82, 2.24) is 10.4 Å². The molecule has 0 spiro atoms. The highest BCUT2D eigenvalue weighted by atomic mass is 16.7. The molecule has 4 N–H and O–H groups in total. The van der Waals surface area contributed by atoms with Crippen molar-refractivity contribution in [2.24, 2.45) is 51.8 Å². The van der Waals surface area contributed by atoms with Crippen LogP contribution in [0.5, 0.6) is 0 Å². The van der Waals surface area contributed by atoms with E-state index in [2.05, 4.69) is 33.0 Å². The molecule has 0 bridgehead atoms. The number of carboxylic acid groups (broad SMARTS) is 1. The van der Waals surface area contributed by atoms with Crippen molar-refractivity contribution in [3.8, 4) is 0 Å². The van der Waals surface area contributed by atoms with Crippen LogP contribution in [-0.4, -0.2) is 82.8 Å². The first-order valence-corrected chi connectivity index (χ1v) is 17.8. The van der Waals surface area contributed by atoms with Gasteiger partial charge in [-0.1, -0.05) is 33.3 Å². The van der Waals surface area contributed by atoms with Crippen molar-refractivity contribution in [3.05, 3.63) is 11.6 Å². The molecule has 0 aromatic rings. The number of allylic oxidation sites excluding steroid dienone is 2. The molecular weight excluding hydrogens is 588 g/mol. The summed E-state index contributed by atoms with van der Waals surface area (Å²) in [5.41, 5.74) is 1.01. The number of hydrogen-bond acceptors (Lipinski definition) is 8. The maximum absolute atomic E-state index is 14.4. The number of carbonyl (C=O) groups excluding carboxylic acids is 2. The molecule has 10 heteroatoms. The summed E-state index contributed by atoms with van der Waals surface area (Å²) in [5.74, 6) is -0.0651. The van der Waals surface area contributed by atoms with Crippen molar-refractivity contribution in [3.63, 3.8) is 0 Å². The van der Waals surface area contributed by atoms with E-state index in [9.17, 15) is 29.7 Å². The van der Waals surface area contributed by atoms with E-state index in [0.717, 1.165) is 51.4 Å². The molecule has 5 aliphatic carbocycles. The topological polar surface area (TPSA) is 146 Å². The number of hydrogen-bond donors (Lipinski definition) is 4. The number of carboxylic acids is 1. The largest absolute Gasteiger partial charge is 0.481 e. The lowest BCUT2D eigenvalue weighted by atomic mass is 9.38. The number of nitrogens with zero attached hydrogens (tertiary/aromatic N) is 1. The second kappa shape index (κ2) is 12.6. The van der Waals surface area contributed by atoms with Gasteiger partial charge >= 0.3 is 5.97 Å². The number of ketones is 1. The number of amides is 1. The van der Waals surface area contributed by atoms with Crippen LogP contribution in [0.15, 0.2) is 11.6 Å². The molecule has 13 unspecified atom stereocenters. The first-order chi connectivity index (χ1) is 21.7. The molecule has 1 aliphatic heterocycles. The highest BCUT2D eigenvalue weighted by Crippen LogP contribution is 2.69. The summed E-state index contributed by atoms with van der Waals surface area (Å²) in [6.45, 7) is 8.99. The summed E-state index contributed by atoms with van der Waals surface area (Å²) in [6, 6.07) is -0.0212. The number of nitrogens with one attached hydrogen (secondary N) is 1. The van der Waals surface area contributed by atoms with Gasteiger partial charge in [-0.3, -0.25) is 19.2 Å². The minimum Gasteiger partial charge on any atom is -0.481 e. The van der Waals surface area contributed by atoms with Crippen molar-refractivity contribution >= 4 is 17.7 Å². The van der Waals surface area contributed by atoms with E-state index in [-0.39, 0.29) is 70.8 Å². The van der Waals surface area contributed by atoms with Crippen LogP contribution >= 0.6 is 0 Å². The fourth-order valence-electron chi connectivity index (χ4n) is 11.8. The number of ether oxygens (including phenoxy) is 1. The number of carbonyl (C=O) groups is 3. The number of hydroxylamine groups is 2. The average Bonchev–Trinajstić information content (AvgIpc) is 3.00. The van der Waals surface area contributed by atoms with Gasteiger partial charge in [0.05, 0.1) is 31.8 Å². The quantitative estimate of drug-likeness (QED) is 0.301. The first kappa shape index (κ1) is 34.0. The maximum Gasteiger partial charge on any atom is 0.306 e. The Morgan fingerprint density at radius 1 is 1.02 bits per heavy atom. The van der Waals surface area contributed by atoms with Crippen LogP contribution in [-0.2, 0) is 24.0 Å². The number of aliphatic hydroxyl groups is 2. The molecule has 13 atom stereocenters. The molecule has 46 heavy (non-hydrogen) atoms. The molecule has 4 saturated carbocycles. The van der Waals surface area contributed by atoms with Gasteiger partial charge in [0.2, 0.25) is 5.91 Å². The molecule has 0 aromatic heterocycles. The molecule has 5 fully saturated rings. The van der Waals surface area contributed by atoms with Crippen molar-refractivity contribution < 1.29 is 39.3 Å². The lowest BCUT2D eigenvalue weighted by molar-refractivity contribution is -0.273. The van der Waals surface area contributed by atoms with Crippen LogP contribution < -0.4 is 5.32 Å². The molecule has 1 heterocycles. The molecule has 6 aliphatic rings. The molecule has 258 valence electrons. The third-order valence-electron chi connectivity index (χ3n) is 14.2. The Morgan fingerprint density at radius 3 is 2.43 bits per heavy atom. The summed E-state index contributed by atoms with van der Waals surface area (Å²) in [4.78, 5) is 45.2. The second-order valence-corrected chi connectivity index (χ2v) is 16.6. The van der Waals surface area contributed by atoms with E-state index in [1.54, 1.807) is 0 Å². The monoisotopic (exact) mass is 644 g/mol. The van der Waals surface area contributed by atoms with E-state index in [0.29, 0.717) is 31.1 Å². The van der Waals surface area contributed by atoms with Gasteiger partial charge in [-0.15, -0.1) is 0 Å². The van der Waals surface area contributed by atoms with Crippen molar-refractivity contribution in [2.45, 2.75) is 123 Å². The number of fused-ring (bicyclic) bond motifs is 7. The Hall–Kier alpha value is -1.85. The average molecular weight is 645 g/mol. The summed E-state index contributed by atoms with van der Waals surface area (Å²) >= 11 is 0. The Labute approximate surface area is 273 Å². The predicted molar refractivity (Wildman–Crippen MR) is 170 cm³/mol. The Morgan fingerprint density at radius 2 is 1.74 bits per heavy atom. The Balaban J connectivity index is 1.16. The van der Waals surface area contributed by atoms with Crippen molar-refractivity contribution in [1.29, 1.82) is 0 Å². The van der Waals surface area contributed by atoms with Gasteiger partial charge < -0.3 is 25.4 Å². The summed E-state index contributed by atoms with van der Waals surface area (Å²) < 4.78 is 5.86. The Kier molecular flexibility index (Phi) is 9.29. The lowest BCUT2D eigenvalue weighted by Crippen LogP contribution is -2.63. The zero-order valence-electron chi connectivity index (χ0n) is 28.4. The maximum atomic E-state index is 14.4. The fraction of sp³-hybridized carbons (Fsp3) is 0.861. The van der Waals surface area contributed by atoms with Crippen LogP contribution in [0.4, 0.5) is 0 Å². The van der Waals surface area contributed by atoms with E-state index < -0.39 is 24.4 Å². The molecule has 1 amide bonds. The SMILES string of the molecule is CON(CC(=O)NC1CCC2(C)C(CCC3(C)C4CCC5(C)CCC(C(=O)O)CC5C4=CC(=O)C32)C1C)C1CC(O)CC(CO)O1. The minimum absolute atomic E-state index is 0.0212. The highest BCUT2D eigenvalue weighted by Gasteiger charge is 2.65. The van der Waals surface area contributed by atoms with Gasteiger partial charge in [0, 0.05) is 24.8 Å². The standard InChI is InChI=1S/C36H56N2O8/c1-20-25-8-12-36(4)26-7-11-34(2)10-6-21(33(43)44)14-27(34)24(26)17-29(41)32(36)35(25,3)13-9-28(20)37-30(42)18-38(45-5)31-16-22(40)15-23(19-39)46-31/h17,20-23,25-28,31-32,39-40H,6-16,18-19H2,1-5H3,(H,37,42)(H,43,44). The molecular formula is C36H56N2O8.